The highest BCUT2D eigenvalue weighted by molar-refractivity contribution is 7.89. The molecule has 0 aromatic heterocycles. The van der Waals surface area contributed by atoms with Gasteiger partial charge >= 0.3 is 0 Å². The first-order valence-electron chi connectivity index (χ1n) is 7.39. The van der Waals surface area contributed by atoms with Crippen molar-refractivity contribution in [3.63, 3.8) is 0 Å². The van der Waals surface area contributed by atoms with Crippen molar-refractivity contribution in [1.29, 1.82) is 0 Å². The standard InChI is InChI=1S/C15H23NO4S/c17-9-1-2-13-3-5-15(6-4-13)21(18,19)16-12-14-7-10-20-11-8-14/h3-6,14,16-17H,1-2,7-12H2. The van der Waals surface area contributed by atoms with Gasteiger partial charge in [0, 0.05) is 26.4 Å². The molecule has 0 saturated carbocycles. The van der Waals surface area contributed by atoms with Crippen LogP contribution >= 0.6 is 0 Å². The number of hydrogen-bond acceptors (Lipinski definition) is 4. The number of sulfonamides is 1. The lowest BCUT2D eigenvalue weighted by Crippen LogP contribution is -2.32. The Balaban J connectivity index is 1.91. The van der Waals surface area contributed by atoms with Gasteiger partial charge in [-0.15, -0.1) is 0 Å². The summed E-state index contributed by atoms with van der Waals surface area (Å²) in [6, 6.07) is 6.86. The third-order valence-electron chi connectivity index (χ3n) is 3.76. The molecule has 1 aromatic rings. The van der Waals surface area contributed by atoms with Gasteiger partial charge < -0.3 is 9.84 Å². The van der Waals surface area contributed by atoms with Crippen LogP contribution in [0.5, 0.6) is 0 Å². The molecular formula is C15H23NO4S. The Labute approximate surface area is 126 Å². The minimum atomic E-state index is -3.44. The van der Waals surface area contributed by atoms with E-state index in [0.717, 1.165) is 24.8 Å². The van der Waals surface area contributed by atoms with E-state index >= 15 is 0 Å². The molecule has 6 heteroatoms. The molecule has 2 rings (SSSR count). The summed E-state index contributed by atoms with van der Waals surface area (Å²) in [6.07, 6.45) is 3.26. The summed E-state index contributed by atoms with van der Waals surface area (Å²) in [6.45, 7) is 2.04. The molecule has 0 atom stereocenters. The summed E-state index contributed by atoms with van der Waals surface area (Å²) in [5.41, 5.74) is 1.03. The SMILES string of the molecule is O=S(=O)(NCC1CCOCC1)c1ccc(CCCO)cc1. The van der Waals surface area contributed by atoms with Crippen LogP contribution in [0.2, 0.25) is 0 Å². The Morgan fingerprint density at radius 1 is 1.19 bits per heavy atom. The molecule has 1 aliphatic rings. The number of ether oxygens (including phenoxy) is 1. The highest BCUT2D eigenvalue weighted by atomic mass is 32.2. The first-order chi connectivity index (χ1) is 10.1. The maximum atomic E-state index is 12.2. The summed E-state index contributed by atoms with van der Waals surface area (Å²) >= 11 is 0. The predicted molar refractivity (Wildman–Crippen MR) is 80.6 cm³/mol. The number of aliphatic hydroxyl groups is 1. The van der Waals surface area contributed by atoms with Crippen molar-refractivity contribution in [2.45, 2.75) is 30.6 Å². The number of nitrogens with one attached hydrogen (secondary N) is 1. The molecule has 0 bridgehead atoms. The lowest BCUT2D eigenvalue weighted by Gasteiger charge is -2.22. The fourth-order valence-electron chi connectivity index (χ4n) is 2.38. The third-order valence-corrected chi connectivity index (χ3v) is 5.20. The molecule has 1 aromatic carbocycles. The zero-order valence-corrected chi connectivity index (χ0v) is 12.9. The van der Waals surface area contributed by atoms with Crippen LogP contribution in [0.25, 0.3) is 0 Å². The van der Waals surface area contributed by atoms with Crippen LogP contribution in [-0.2, 0) is 21.2 Å². The van der Waals surface area contributed by atoms with Crippen molar-refractivity contribution in [2.24, 2.45) is 5.92 Å². The van der Waals surface area contributed by atoms with E-state index in [1.54, 1.807) is 24.3 Å². The van der Waals surface area contributed by atoms with Crippen LogP contribution in [0.1, 0.15) is 24.8 Å². The van der Waals surface area contributed by atoms with Crippen LogP contribution < -0.4 is 4.72 Å². The van der Waals surface area contributed by atoms with Crippen LogP contribution in [0, 0.1) is 5.92 Å². The Morgan fingerprint density at radius 3 is 2.48 bits per heavy atom. The largest absolute Gasteiger partial charge is 0.396 e. The second-order valence-electron chi connectivity index (χ2n) is 5.38. The van der Waals surface area contributed by atoms with Gasteiger partial charge in [-0.2, -0.15) is 0 Å². The van der Waals surface area contributed by atoms with Crippen molar-refractivity contribution in [2.75, 3.05) is 26.4 Å². The average molecular weight is 313 g/mol. The first kappa shape index (κ1) is 16.4. The molecule has 118 valence electrons. The molecular weight excluding hydrogens is 290 g/mol. The van der Waals surface area contributed by atoms with Crippen LogP contribution in [-0.4, -0.2) is 39.9 Å². The molecule has 1 aliphatic heterocycles. The highest BCUT2D eigenvalue weighted by Gasteiger charge is 2.18. The third kappa shape index (κ3) is 5.07. The Morgan fingerprint density at radius 2 is 1.86 bits per heavy atom. The molecule has 0 aliphatic carbocycles. The van der Waals surface area contributed by atoms with Gasteiger partial charge in [-0.3, -0.25) is 0 Å². The predicted octanol–water partition coefficient (Wildman–Crippen LogP) is 1.32. The minimum Gasteiger partial charge on any atom is -0.396 e. The van der Waals surface area contributed by atoms with Crippen LogP contribution in [0.4, 0.5) is 0 Å². The summed E-state index contributed by atoms with van der Waals surface area (Å²) in [5, 5.41) is 8.79. The second kappa shape index (κ2) is 7.89. The monoisotopic (exact) mass is 313 g/mol. The number of aryl methyl sites for hydroxylation is 1. The summed E-state index contributed by atoms with van der Waals surface area (Å²) in [4.78, 5) is 0.294. The topological polar surface area (TPSA) is 75.6 Å². The van der Waals surface area contributed by atoms with Crippen LogP contribution in [0.3, 0.4) is 0 Å². The van der Waals surface area contributed by atoms with Gasteiger partial charge in [0.2, 0.25) is 10.0 Å². The number of benzene rings is 1. The molecule has 1 saturated heterocycles. The lowest BCUT2D eigenvalue weighted by molar-refractivity contribution is 0.0678. The van der Waals surface area contributed by atoms with Gasteiger partial charge in [0.1, 0.15) is 0 Å². The van der Waals surface area contributed by atoms with E-state index in [4.69, 9.17) is 9.84 Å². The second-order valence-corrected chi connectivity index (χ2v) is 7.15. The minimum absolute atomic E-state index is 0.146. The maximum absolute atomic E-state index is 12.2. The fourth-order valence-corrected chi connectivity index (χ4v) is 3.50. The van der Waals surface area contributed by atoms with E-state index in [-0.39, 0.29) is 6.61 Å². The molecule has 0 unspecified atom stereocenters. The van der Waals surface area contributed by atoms with Crippen molar-refractivity contribution in [3.8, 4) is 0 Å². The fraction of sp³-hybridized carbons (Fsp3) is 0.600. The molecule has 2 N–H and O–H groups in total. The van der Waals surface area contributed by atoms with Crippen molar-refractivity contribution >= 4 is 10.0 Å². The Hall–Kier alpha value is -0.950. The summed E-state index contributed by atoms with van der Waals surface area (Å²) in [5.74, 6) is 0.359. The highest BCUT2D eigenvalue weighted by Crippen LogP contribution is 2.16. The van der Waals surface area contributed by atoms with Gasteiger partial charge in [-0.25, -0.2) is 13.1 Å². The molecule has 1 heterocycles. The average Bonchev–Trinajstić information content (AvgIpc) is 2.52. The van der Waals surface area contributed by atoms with Crippen molar-refractivity contribution in [1.82, 2.24) is 4.72 Å². The molecule has 0 radical (unpaired) electrons. The van der Waals surface area contributed by atoms with Crippen LogP contribution in [0.15, 0.2) is 29.2 Å². The van der Waals surface area contributed by atoms with Gasteiger partial charge in [-0.05, 0) is 49.3 Å². The zero-order chi connectivity index (χ0) is 15.1. The van der Waals surface area contributed by atoms with Gasteiger partial charge in [-0.1, -0.05) is 12.1 Å². The Bertz CT molecular complexity index is 521. The van der Waals surface area contributed by atoms with E-state index in [2.05, 4.69) is 4.72 Å². The maximum Gasteiger partial charge on any atom is 0.240 e. The van der Waals surface area contributed by atoms with E-state index in [9.17, 15) is 8.42 Å². The number of hydrogen-bond donors (Lipinski definition) is 2. The Kier molecular flexibility index (Phi) is 6.17. The molecule has 0 amide bonds. The molecule has 0 spiro atoms. The first-order valence-corrected chi connectivity index (χ1v) is 8.87. The normalized spacial score (nSPS) is 17.0. The summed E-state index contributed by atoms with van der Waals surface area (Å²) in [7, 11) is -3.44. The summed E-state index contributed by atoms with van der Waals surface area (Å²) < 4.78 is 32.4. The van der Waals surface area contributed by atoms with Gasteiger partial charge in [0.25, 0.3) is 0 Å². The van der Waals surface area contributed by atoms with Gasteiger partial charge in [0.15, 0.2) is 0 Å². The zero-order valence-electron chi connectivity index (χ0n) is 12.1. The van der Waals surface area contributed by atoms with E-state index in [0.29, 0.717) is 37.0 Å². The van der Waals surface area contributed by atoms with Crippen molar-refractivity contribution < 1.29 is 18.3 Å². The number of rotatable bonds is 7. The molecule has 1 fully saturated rings. The van der Waals surface area contributed by atoms with E-state index in [1.165, 1.54) is 0 Å². The van der Waals surface area contributed by atoms with Gasteiger partial charge in [0.05, 0.1) is 4.90 Å². The lowest BCUT2D eigenvalue weighted by atomic mass is 10.0. The van der Waals surface area contributed by atoms with Crippen molar-refractivity contribution in [3.05, 3.63) is 29.8 Å². The smallest absolute Gasteiger partial charge is 0.240 e. The van der Waals surface area contributed by atoms with E-state index in [1.807, 2.05) is 0 Å². The number of aliphatic hydroxyl groups excluding tert-OH is 1. The van der Waals surface area contributed by atoms with E-state index < -0.39 is 10.0 Å². The molecule has 21 heavy (non-hydrogen) atoms. The quantitative estimate of drug-likeness (QED) is 0.796. The molecule has 5 nitrogen and oxygen atoms in total.